The molecule has 0 aliphatic carbocycles. The fourth-order valence-corrected chi connectivity index (χ4v) is 14.4. The molecular weight excluding hydrogens is 825 g/mol. The number of hydrogen-bond donors (Lipinski definition) is 0. The van der Waals surface area contributed by atoms with E-state index in [1.54, 1.807) is 11.1 Å². The van der Waals surface area contributed by atoms with Crippen molar-refractivity contribution >= 4 is 76.3 Å². The minimum absolute atomic E-state index is 1.17. The third kappa shape index (κ3) is 12.0. The molecule has 0 nitrogen and oxygen atoms in total. The summed E-state index contributed by atoms with van der Waals surface area (Å²) in [4.78, 5) is 8.70. The van der Waals surface area contributed by atoms with E-state index in [-0.39, 0.29) is 0 Å². The number of fused-ring (bicyclic) bond motifs is 3. The first-order chi connectivity index (χ1) is 30.7. The molecule has 0 aliphatic rings. The van der Waals surface area contributed by atoms with E-state index in [0.717, 1.165) is 0 Å². The molecule has 0 atom stereocenters. The van der Waals surface area contributed by atoms with E-state index >= 15 is 0 Å². The van der Waals surface area contributed by atoms with Crippen molar-refractivity contribution in [2.24, 2.45) is 0 Å². The second kappa shape index (κ2) is 23.4. The van der Waals surface area contributed by atoms with Crippen molar-refractivity contribution in [3.8, 4) is 40.4 Å². The summed E-state index contributed by atoms with van der Waals surface area (Å²) in [6.07, 6.45) is 29.9. The third-order valence-corrected chi connectivity index (χ3v) is 18.0. The van der Waals surface area contributed by atoms with Crippen LogP contribution in [0.15, 0.2) is 109 Å². The molecule has 0 spiro atoms. The van der Waals surface area contributed by atoms with Crippen LogP contribution < -0.4 is 0 Å². The highest BCUT2D eigenvalue weighted by Gasteiger charge is 2.20. The Kier molecular flexibility index (Phi) is 17.0. The lowest BCUT2D eigenvalue weighted by Crippen LogP contribution is -1.87. The first-order valence-corrected chi connectivity index (χ1v) is 27.7. The minimum Gasteiger partial charge on any atom is -0.134 e. The number of rotatable bonds is 26. The molecule has 0 aliphatic heterocycles. The zero-order valence-electron chi connectivity index (χ0n) is 37.6. The highest BCUT2D eigenvalue weighted by molar-refractivity contribution is 7.34. The predicted octanol–water partition coefficient (Wildman–Crippen LogP) is 21.0. The van der Waals surface area contributed by atoms with Gasteiger partial charge >= 0.3 is 0 Å². The van der Waals surface area contributed by atoms with Crippen LogP contribution in [0.2, 0.25) is 0 Å². The molecule has 0 saturated heterocycles. The number of thiophene rings is 4. The molecule has 0 unspecified atom stereocenters. The lowest BCUT2D eigenvalue weighted by Gasteiger charge is -2.04. The maximum atomic E-state index is 2.54. The first-order valence-electron chi connectivity index (χ1n) is 24.4. The lowest BCUT2D eigenvalue weighted by molar-refractivity contribution is 0.556. The quantitative estimate of drug-likeness (QED) is 0.0475. The number of aryl methyl sites for hydroxylation is 2. The molecule has 0 saturated carbocycles. The van der Waals surface area contributed by atoms with Crippen molar-refractivity contribution in [2.75, 3.05) is 0 Å². The topological polar surface area (TPSA) is 0 Å². The fraction of sp³-hybridized carbons (Fsp3) is 0.414. The van der Waals surface area contributed by atoms with Crippen molar-refractivity contribution in [3.63, 3.8) is 0 Å². The second-order valence-corrected chi connectivity index (χ2v) is 22.1. The maximum absolute atomic E-state index is 2.54. The Morgan fingerprint density at radius 3 is 1.05 bits per heavy atom. The van der Waals surface area contributed by atoms with Crippen LogP contribution in [0.3, 0.4) is 0 Å². The van der Waals surface area contributed by atoms with Crippen molar-refractivity contribution in [3.05, 3.63) is 120 Å². The van der Waals surface area contributed by atoms with E-state index in [0.29, 0.717) is 0 Å². The number of hydrogen-bond acceptors (Lipinski definition) is 4. The smallest absolute Gasteiger partial charge is 0.0481 e. The van der Waals surface area contributed by atoms with Gasteiger partial charge in [0.2, 0.25) is 0 Å². The molecule has 4 heteroatoms. The van der Waals surface area contributed by atoms with Gasteiger partial charge < -0.3 is 0 Å². The van der Waals surface area contributed by atoms with Gasteiger partial charge in [-0.1, -0.05) is 202 Å². The van der Waals surface area contributed by atoms with Crippen LogP contribution >= 0.6 is 45.3 Å². The second-order valence-electron chi connectivity index (χ2n) is 17.9. The summed E-state index contributed by atoms with van der Waals surface area (Å²) in [5, 5.41) is 5.28. The van der Waals surface area contributed by atoms with Gasteiger partial charge in [-0.3, -0.25) is 0 Å². The van der Waals surface area contributed by atoms with E-state index < -0.39 is 0 Å². The van der Waals surface area contributed by atoms with Gasteiger partial charge in [0.05, 0.1) is 0 Å². The van der Waals surface area contributed by atoms with Gasteiger partial charge in [-0.2, -0.15) is 0 Å². The Hall–Kier alpha value is -3.54. The Labute approximate surface area is 389 Å². The van der Waals surface area contributed by atoms with Gasteiger partial charge in [-0.05, 0) is 106 Å². The van der Waals surface area contributed by atoms with Gasteiger partial charge in [0, 0.05) is 38.7 Å². The Morgan fingerprint density at radius 1 is 0.306 bits per heavy atom. The molecule has 0 amide bonds. The fourth-order valence-electron chi connectivity index (χ4n) is 9.28. The van der Waals surface area contributed by atoms with Crippen LogP contribution in [0.25, 0.3) is 71.3 Å². The Balaban J connectivity index is 1.01. The van der Waals surface area contributed by atoms with Gasteiger partial charge in [0.1, 0.15) is 0 Å². The van der Waals surface area contributed by atoms with Gasteiger partial charge in [-0.25, -0.2) is 0 Å². The van der Waals surface area contributed by atoms with Crippen molar-refractivity contribution in [1.29, 1.82) is 0 Å². The highest BCUT2D eigenvalue weighted by Crippen LogP contribution is 2.49. The van der Waals surface area contributed by atoms with E-state index in [2.05, 4.69) is 123 Å². The van der Waals surface area contributed by atoms with Crippen LogP contribution in [-0.4, -0.2) is 0 Å². The van der Waals surface area contributed by atoms with Crippen molar-refractivity contribution in [1.82, 2.24) is 0 Å². The van der Waals surface area contributed by atoms with E-state index in [1.165, 1.54) is 213 Å². The lowest BCUT2D eigenvalue weighted by atomic mass is 10.0. The molecule has 0 fully saturated rings. The molecule has 0 bridgehead atoms. The Bertz CT molecular complexity index is 2380. The number of benzene rings is 4. The molecule has 4 aromatic heterocycles. The largest absolute Gasteiger partial charge is 0.134 e. The third-order valence-electron chi connectivity index (χ3n) is 12.9. The number of unbranched alkanes of at least 4 members (excludes halogenated alkanes) is 18. The molecule has 324 valence electrons. The van der Waals surface area contributed by atoms with E-state index in [9.17, 15) is 0 Å². The molecule has 8 aromatic rings. The SMILES string of the molecule is CCCCCCCCCCCCc1cc(-c2ccc3ccccc3c2)sc1-c1cc2sc(-c3sc(-c4ccc5ccccc5c4)cc3CCCCCCCCCCCC)cc2s1. The summed E-state index contributed by atoms with van der Waals surface area (Å²) in [6, 6.07) is 41.8. The molecule has 8 rings (SSSR count). The molecule has 0 N–H and O–H groups in total. The molecular formula is C58H68S4. The normalized spacial score (nSPS) is 11.8. The summed E-state index contributed by atoms with van der Waals surface area (Å²) in [5.74, 6) is 0. The van der Waals surface area contributed by atoms with Gasteiger partial charge in [0.15, 0.2) is 0 Å². The average molecular weight is 893 g/mol. The zero-order chi connectivity index (χ0) is 42.4. The predicted molar refractivity (Wildman–Crippen MR) is 283 cm³/mol. The standard InChI is InChI=1S/C58H68S4/c1-3-5-7-9-11-13-15-17-19-21-31-49-39-51(47-35-33-43-27-23-25-29-45(43)37-47)61-57(49)55-41-53-54(59-55)42-56(60-53)58-50(32-22-20-18-16-14-12-10-8-6-4-2)40-52(62-58)48-36-34-44-28-24-26-30-46(44)38-48/h23-30,33-42H,3-22,31-32H2,1-2H3. The summed E-state index contributed by atoms with van der Waals surface area (Å²) < 4.78 is 2.88. The van der Waals surface area contributed by atoms with Crippen LogP contribution in [0.4, 0.5) is 0 Å². The van der Waals surface area contributed by atoms with E-state index in [1.807, 2.05) is 45.3 Å². The summed E-state index contributed by atoms with van der Waals surface area (Å²) in [6.45, 7) is 4.62. The van der Waals surface area contributed by atoms with Crippen LogP contribution in [-0.2, 0) is 12.8 Å². The summed E-state index contributed by atoms with van der Waals surface area (Å²) in [7, 11) is 0. The summed E-state index contributed by atoms with van der Waals surface area (Å²) >= 11 is 8.07. The van der Waals surface area contributed by atoms with Gasteiger partial charge in [-0.15, -0.1) is 45.3 Å². The molecule has 62 heavy (non-hydrogen) atoms. The molecule has 4 heterocycles. The molecule has 0 radical (unpaired) electrons. The summed E-state index contributed by atoms with van der Waals surface area (Å²) in [5.41, 5.74) is 5.78. The van der Waals surface area contributed by atoms with E-state index in [4.69, 9.17) is 0 Å². The van der Waals surface area contributed by atoms with Crippen LogP contribution in [0.5, 0.6) is 0 Å². The minimum atomic E-state index is 1.17. The average Bonchev–Trinajstić information content (AvgIpc) is 4.10. The Morgan fingerprint density at radius 2 is 0.661 bits per heavy atom. The van der Waals surface area contributed by atoms with Crippen molar-refractivity contribution < 1.29 is 0 Å². The van der Waals surface area contributed by atoms with Crippen molar-refractivity contribution in [2.45, 2.75) is 155 Å². The van der Waals surface area contributed by atoms with Gasteiger partial charge in [0.25, 0.3) is 0 Å². The zero-order valence-corrected chi connectivity index (χ0v) is 40.8. The monoisotopic (exact) mass is 892 g/mol. The highest BCUT2D eigenvalue weighted by atomic mass is 32.1. The first kappa shape index (κ1) is 45.0. The molecule has 4 aromatic carbocycles. The van der Waals surface area contributed by atoms with Crippen LogP contribution in [0.1, 0.15) is 153 Å². The maximum Gasteiger partial charge on any atom is 0.0481 e. The van der Waals surface area contributed by atoms with Crippen LogP contribution in [0, 0.1) is 0 Å².